The Hall–Kier alpha value is -1.89. The smallest absolute Gasteiger partial charge is 0.309 e. The second-order valence-electron chi connectivity index (χ2n) is 20.3. The minimum absolute atomic E-state index is 0.0879. The van der Waals surface area contributed by atoms with E-state index in [1.807, 2.05) is 0 Å². The molecule has 6 fully saturated rings. The lowest BCUT2D eigenvalue weighted by Crippen LogP contribution is -2.67. The van der Waals surface area contributed by atoms with Gasteiger partial charge in [0.2, 0.25) is 5.91 Å². The fourth-order valence-corrected chi connectivity index (χ4v) is 14.3. The zero-order valence-electron chi connectivity index (χ0n) is 33.1. The van der Waals surface area contributed by atoms with Gasteiger partial charge in [-0.05, 0) is 149 Å². The minimum Gasteiger partial charge on any atom is -0.481 e. The van der Waals surface area contributed by atoms with Crippen LogP contribution in [-0.4, -0.2) is 59.6 Å². The molecule has 0 spiro atoms. The summed E-state index contributed by atoms with van der Waals surface area (Å²) in [5.41, 5.74) is 0.658. The zero-order valence-corrected chi connectivity index (χ0v) is 33.1. The molecule has 7 heteroatoms. The standard InChI is InChI=1S/C43H70N2O5/c1-11-44-28-17-23-45(26-28)34(46)24-43-20-14-29(27(2)3)36(43)30-12-13-32-40(8)18-16-33(50-35(47)25-38(4,5)37(48)49)39(6,7)31(40)15-19-42(32,10)41(30,9)21-22-43/h28-33,36,44H,2,11-26H2,1,3-10H3,(H,48,49)/t28-,29-,30+,31-,32+,33-,36+,40-,41+,42+,43+/m0/s1. The lowest BCUT2D eigenvalue weighted by molar-refractivity contribution is -0.250. The van der Waals surface area contributed by atoms with Crippen molar-refractivity contribution in [1.29, 1.82) is 0 Å². The highest BCUT2D eigenvalue weighted by molar-refractivity contribution is 5.81. The van der Waals surface area contributed by atoms with Crippen LogP contribution < -0.4 is 5.32 Å². The van der Waals surface area contributed by atoms with E-state index in [-0.39, 0.29) is 45.6 Å². The first-order chi connectivity index (χ1) is 23.3. The number of likely N-dealkylation sites (tertiary alicyclic amines) is 1. The molecule has 50 heavy (non-hydrogen) atoms. The Morgan fingerprint density at radius 2 is 1.62 bits per heavy atom. The summed E-state index contributed by atoms with van der Waals surface area (Å²) in [6.07, 6.45) is 12.9. The predicted molar refractivity (Wildman–Crippen MR) is 198 cm³/mol. The highest BCUT2D eigenvalue weighted by atomic mass is 16.5. The van der Waals surface area contributed by atoms with Crippen molar-refractivity contribution in [2.24, 2.45) is 62.1 Å². The molecule has 0 aromatic heterocycles. The Kier molecular flexibility index (Phi) is 9.77. The van der Waals surface area contributed by atoms with E-state index in [2.05, 4.69) is 65.3 Å². The summed E-state index contributed by atoms with van der Waals surface area (Å²) in [4.78, 5) is 41.1. The molecular weight excluding hydrogens is 624 g/mol. The van der Waals surface area contributed by atoms with Crippen molar-refractivity contribution < 1.29 is 24.2 Å². The van der Waals surface area contributed by atoms with Gasteiger partial charge in [-0.3, -0.25) is 14.4 Å². The maximum absolute atomic E-state index is 14.1. The molecule has 7 nitrogen and oxygen atoms in total. The fraction of sp³-hybridized carbons (Fsp3) is 0.884. The average Bonchev–Trinajstić information content (AvgIpc) is 3.64. The summed E-state index contributed by atoms with van der Waals surface area (Å²) in [5, 5.41) is 13.2. The normalized spacial score (nSPS) is 43.6. The second-order valence-corrected chi connectivity index (χ2v) is 20.3. The number of carbonyl (C=O) groups excluding carboxylic acids is 2. The van der Waals surface area contributed by atoms with Crippen molar-refractivity contribution in [1.82, 2.24) is 10.2 Å². The summed E-state index contributed by atoms with van der Waals surface area (Å²) in [7, 11) is 0. The third kappa shape index (κ3) is 5.81. The number of carboxylic acids is 1. The van der Waals surface area contributed by atoms with E-state index in [1.165, 1.54) is 37.7 Å². The molecular formula is C43H70N2O5. The molecule has 1 amide bonds. The number of amides is 1. The van der Waals surface area contributed by atoms with Crippen LogP contribution in [0.3, 0.4) is 0 Å². The van der Waals surface area contributed by atoms with Crippen molar-refractivity contribution in [3.63, 3.8) is 0 Å². The van der Waals surface area contributed by atoms with E-state index in [9.17, 15) is 19.5 Å². The Morgan fingerprint density at radius 1 is 0.900 bits per heavy atom. The van der Waals surface area contributed by atoms with Crippen molar-refractivity contribution >= 4 is 17.8 Å². The molecule has 0 bridgehead atoms. The van der Waals surface area contributed by atoms with E-state index in [0.717, 1.165) is 58.2 Å². The van der Waals surface area contributed by atoms with Crippen LogP contribution in [-0.2, 0) is 19.1 Å². The number of rotatable bonds is 9. The van der Waals surface area contributed by atoms with E-state index in [0.29, 0.717) is 48.0 Å². The monoisotopic (exact) mass is 695 g/mol. The molecule has 0 radical (unpaired) electrons. The van der Waals surface area contributed by atoms with Gasteiger partial charge in [0.15, 0.2) is 0 Å². The van der Waals surface area contributed by atoms with Gasteiger partial charge in [0.05, 0.1) is 11.8 Å². The van der Waals surface area contributed by atoms with Crippen LogP contribution in [0.25, 0.3) is 0 Å². The van der Waals surface area contributed by atoms with Gasteiger partial charge in [0.25, 0.3) is 0 Å². The van der Waals surface area contributed by atoms with Gasteiger partial charge in [-0.2, -0.15) is 0 Å². The second kappa shape index (κ2) is 12.9. The topological polar surface area (TPSA) is 95.9 Å². The summed E-state index contributed by atoms with van der Waals surface area (Å²) < 4.78 is 6.19. The number of allylic oxidation sites excluding steroid dienone is 1. The number of aliphatic carboxylic acids is 1. The Balaban J connectivity index is 1.23. The highest BCUT2D eigenvalue weighted by Gasteiger charge is 2.71. The van der Waals surface area contributed by atoms with Crippen LogP contribution in [0.2, 0.25) is 0 Å². The van der Waals surface area contributed by atoms with Crippen molar-refractivity contribution in [3.8, 4) is 0 Å². The molecule has 6 aliphatic rings. The van der Waals surface area contributed by atoms with E-state index in [4.69, 9.17) is 4.74 Å². The van der Waals surface area contributed by atoms with Gasteiger partial charge >= 0.3 is 11.9 Å². The number of hydrogen-bond donors (Lipinski definition) is 2. The van der Waals surface area contributed by atoms with Crippen LogP contribution in [0.15, 0.2) is 12.2 Å². The van der Waals surface area contributed by atoms with Gasteiger partial charge in [-0.25, -0.2) is 0 Å². The molecule has 1 heterocycles. The van der Waals surface area contributed by atoms with Crippen LogP contribution in [0.5, 0.6) is 0 Å². The van der Waals surface area contributed by atoms with Crippen LogP contribution in [0.4, 0.5) is 0 Å². The number of esters is 1. The molecule has 282 valence electrons. The van der Waals surface area contributed by atoms with Crippen LogP contribution in [0.1, 0.15) is 146 Å². The molecule has 6 rings (SSSR count). The fourth-order valence-electron chi connectivity index (χ4n) is 14.3. The van der Waals surface area contributed by atoms with Crippen LogP contribution >= 0.6 is 0 Å². The maximum atomic E-state index is 14.1. The maximum Gasteiger partial charge on any atom is 0.309 e. The van der Waals surface area contributed by atoms with E-state index in [1.54, 1.807) is 13.8 Å². The lowest BCUT2D eigenvalue weighted by atomic mass is 9.32. The first kappa shape index (κ1) is 37.9. The molecule has 1 aliphatic heterocycles. The Morgan fingerprint density at radius 3 is 2.28 bits per heavy atom. The molecule has 0 aromatic rings. The molecule has 1 saturated heterocycles. The van der Waals surface area contributed by atoms with Crippen molar-refractivity contribution in [2.75, 3.05) is 19.6 Å². The third-order valence-corrected chi connectivity index (χ3v) is 17.2. The van der Waals surface area contributed by atoms with Gasteiger partial charge in [0, 0.05) is 31.0 Å². The van der Waals surface area contributed by atoms with Gasteiger partial charge in [0.1, 0.15) is 6.10 Å². The molecule has 2 N–H and O–H groups in total. The first-order valence-electron chi connectivity index (χ1n) is 20.4. The number of carbonyl (C=O) groups is 3. The number of nitrogens with zero attached hydrogens (tertiary/aromatic N) is 1. The number of likely N-dealkylation sites (N-methyl/N-ethyl adjacent to an activating group) is 1. The molecule has 11 atom stereocenters. The van der Waals surface area contributed by atoms with Gasteiger partial charge in [-0.15, -0.1) is 0 Å². The van der Waals surface area contributed by atoms with Crippen molar-refractivity contribution in [3.05, 3.63) is 12.2 Å². The minimum atomic E-state index is -1.14. The third-order valence-electron chi connectivity index (χ3n) is 17.2. The Labute approximate surface area is 303 Å². The number of nitrogens with one attached hydrogen (secondary N) is 1. The predicted octanol–water partition coefficient (Wildman–Crippen LogP) is 8.66. The average molecular weight is 695 g/mol. The van der Waals surface area contributed by atoms with E-state index >= 15 is 0 Å². The van der Waals surface area contributed by atoms with Crippen LogP contribution in [0, 0.1) is 62.1 Å². The number of carboxylic acid groups (broad SMARTS) is 1. The number of hydrogen-bond acceptors (Lipinski definition) is 5. The lowest BCUT2D eigenvalue weighted by Gasteiger charge is -2.73. The first-order valence-corrected chi connectivity index (χ1v) is 20.4. The van der Waals surface area contributed by atoms with E-state index < -0.39 is 11.4 Å². The highest BCUT2D eigenvalue weighted by Crippen LogP contribution is 2.78. The van der Waals surface area contributed by atoms with Gasteiger partial charge in [-0.1, -0.05) is 53.7 Å². The quantitative estimate of drug-likeness (QED) is 0.185. The largest absolute Gasteiger partial charge is 0.481 e. The molecule has 0 unspecified atom stereocenters. The SMILES string of the molecule is C=C(C)[C@@H]1CC[C@]2(CC(=O)N3CC[C@H](NCC)C3)CC[C@]3(C)[C@H](CC[C@@H]4[C@@]5(C)CC[C@H](OC(=O)CC(C)(C)C(=O)O)C(C)(C)[C@@H]5CC[C@]43C)[C@@H]12. The van der Waals surface area contributed by atoms with Crippen molar-refractivity contribution in [2.45, 2.75) is 158 Å². The summed E-state index contributed by atoms with van der Waals surface area (Å²) >= 11 is 0. The molecule has 5 aliphatic carbocycles. The Bertz CT molecular complexity index is 1370. The molecule has 5 saturated carbocycles. The summed E-state index contributed by atoms with van der Waals surface area (Å²) in [6, 6.07) is 0.432. The number of ether oxygens (including phenoxy) is 1. The summed E-state index contributed by atoms with van der Waals surface area (Å²) in [6.45, 7) is 27.4. The number of fused-ring (bicyclic) bond motifs is 7. The zero-order chi connectivity index (χ0) is 36.7. The molecule has 0 aromatic carbocycles. The summed E-state index contributed by atoms with van der Waals surface area (Å²) in [5.74, 6) is 1.71. The van der Waals surface area contributed by atoms with Gasteiger partial charge < -0.3 is 20.1 Å².